The van der Waals surface area contributed by atoms with E-state index in [-0.39, 0.29) is 17.3 Å². The summed E-state index contributed by atoms with van der Waals surface area (Å²) in [7, 11) is -2.73. The molecule has 7 nitrogen and oxygen atoms in total. The van der Waals surface area contributed by atoms with Gasteiger partial charge in [0, 0.05) is 18.1 Å². The van der Waals surface area contributed by atoms with Crippen molar-refractivity contribution in [1.82, 2.24) is 9.62 Å². The van der Waals surface area contributed by atoms with Gasteiger partial charge < -0.3 is 10.1 Å². The van der Waals surface area contributed by atoms with Crippen LogP contribution < -0.4 is 5.32 Å². The van der Waals surface area contributed by atoms with Gasteiger partial charge in [-0.1, -0.05) is 23.7 Å². The number of nitrogens with zero attached hydrogens (tertiary/aromatic N) is 1. The number of carbonyl (C=O) groups is 2. The summed E-state index contributed by atoms with van der Waals surface area (Å²) >= 11 is 5.91. The van der Waals surface area contributed by atoms with E-state index in [1.165, 1.54) is 35.7 Å². The van der Waals surface area contributed by atoms with E-state index in [4.69, 9.17) is 16.3 Å². The van der Waals surface area contributed by atoms with Crippen molar-refractivity contribution < 1.29 is 22.7 Å². The number of amides is 1. The van der Waals surface area contributed by atoms with Gasteiger partial charge in [-0.3, -0.25) is 4.79 Å². The first-order valence-corrected chi connectivity index (χ1v) is 11.4. The third-order valence-electron chi connectivity index (χ3n) is 4.96. The van der Waals surface area contributed by atoms with Crippen molar-refractivity contribution in [2.24, 2.45) is 0 Å². The third kappa shape index (κ3) is 5.00. The van der Waals surface area contributed by atoms with E-state index in [1.807, 2.05) is 0 Å². The number of ether oxygens (including phenoxy) is 1. The van der Waals surface area contributed by atoms with Gasteiger partial charge in [0.05, 0.1) is 17.6 Å². The van der Waals surface area contributed by atoms with Gasteiger partial charge in [0.15, 0.2) is 0 Å². The second-order valence-corrected chi connectivity index (χ2v) is 9.33. The second kappa shape index (κ2) is 9.59. The van der Waals surface area contributed by atoms with Crippen molar-refractivity contribution in [2.75, 3.05) is 13.7 Å². The summed E-state index contributed by atoms with van der Waals surface area (Å²) in [5.41, 5.74) is 0.886. The molecule has 1 amide bonds. The lowest BCUT2D eigenvalue weighted by Crippen LogP contribution is -2.48. The SMILES string of the molecule is COC(=O)c1cccc(CN(C2CCCCNC2=O)S(=O)(=O)c2ccc(Cl)cc2)c1. The molecular formula is C21H23ClN2O5S. The third-order valence-corrected chi connectivity index (χ3v) is 7.08. The molecule has 1 heterocycles. The van der Waals surface area contributed by atoms with Crippen LogP contribution in [0.1, 0.15) is 35.2 Å². The fraction of sp³-hybridized carbons (Fsp3) is 0.333. The molecule has 1 N–H and O–H groups in total. The van der Waals surface area contributed by atoms with Crippen LogP contribution in [-0.2, 0) is 26.1 Å². The van der Waals surface area contributed by atoms with E-state index in [0.717, 1.165) is 12.8 Å². The van der Waals surface area contributed by atoms with Crippen LogP contribution in [-0.4, -0.2) is 44.3 Å². The smallest absolute Gasteiger partial charge is 0.337 e. The average molecular weight is 451 g/mol. The Bertz CT molecular complexity index is 1020. The maximum atomic E-state index is 13.5. The zero-order chi connectivity index (χ0) is 21.7. The number of sulfonamides is 1. The van der Waals surface area contributed by atoms with E-state index in [1.54, 1.807) is 24.3 Å². The topological polar surface area (TPSA) is 92.8 Å². The summed E-state index contributed by atoms with van der Waals surface area (Å²) in [6.07, 6.45) is 1.92. The minimum absolute atomic E-state index is 0.0491. The van der Waals surface area contributed by atoms with Crippen molar-refractivity contribution >= 4 is 33.5 Å². The molecule has 2 aromatic rings. The number of rotatable bonds is 6. The van der Waals surface area contributed by atoms with Crippen LogP contribution in [0, 0.1) is 0 Å². The number of halogens is 1. The Morgan fingerprint density at radius 2 is 1.93 bits per heavy atom. The van der Waals surface area contributed by atoms with E-state index >= 15 is 0 Å². The molecule has 1 atom stereocenters. The maximum absolute atomic E-state index is 13.5. The summed E-state index contributed by atoms with van der Waals surface area (Å²) in [6, 6.07) is 11.5. The first-order chi connectivity index (χ1) is 14.3. The maximum Gasteiger partial charge on any atom is 0.337 e. The van der Waals surface area contributed by atoms with E-state index in [0.29, 0.717) is 29.1 Å². The highest BCUT2D eigenvalue weighted by molar-refractivity contribution is 7.89. The molecule has 0 radical (unpaired) electrons. The summed E-state index contributed by atoms with van der Waals surface area (Å²) in [5, 5.41) is 3.21. The first-order valence-electron chi connectivity index (χ1n) is 9.55. The lowest BCUT2D eigenvalue weighted by molar-refractivity contribution is -0.124. The van der Waals surface area contributed by atoms with Crippen molar-refractivity contribution in [2.45, 2.75) is 36.7 Å². The van der Waals surface area contributed by atoms with Crippen molar-refractivity contribution in [3.8, 4) is 0 Å². The molecule has 1 unspecified atom stereocenters. The number of benzene rings is 2. The molecular weight excluding hydrogens is 428 g/mol. The fourth-order valence-electron chi connectivity index (χ4n) is 3.40. The number of nitrogens with one attached hydrogen (secondary N) is 1. The molecule has 0 aliphatic carbocycles. The Labute approximate surface area is 181 Å². The van der Waals surface area contributed by atoms with Crippen LogP contribution in [0.4, 0.5) is 0 Å². The summed E-state index contributed by atoms with van der Waals surface area (Å²) in [5.74, 6) is -0.842. The molecule has 2 aromatic carbocycles. The molecule has 1 aliphatic heterocycles. The standard InChI is InChI=1S/C21H23ClN2O5S/c1-29-21(26)16-6-4-5-15(13-16)14-24(19-7-2-3-12-23-20(19)25)30(27,28)18-10-8-17(22)9-11-18/h4-6,8-11,13,19H,2-3,7,12,14H2,1H3,(H,23,25). The van der Waals surface area contributed by atoms with Crippen LogP contribution in [0.2, 0.25) is 5.02 Å². The van der Waals surface area contributed by atoms with Gasteiger partial charge in [0.2, 0.25) is 15.9 Å². The first kappa shape index (κ1) is 22.3. The Kier molecular flexibility index (Phi) is 7.12. The molecule has 30 heavy (non-hydrogen) atoms. The molecule has 0 spiro atoms. The van der Waals surface area contributed by atoms with E-state index in [2.05, 4.69) is 5.32 Å². The van der Waals surface area contributed by atoms with Crippen LogP contribution >= 0.6 is 11.6 Å². The fourth-order valence-corrected chi connectivity index (χ4v) is 5.13. The minimum atomic E-state index is -4.01. The lowest BCUT2D eigenvalue weighted by Gasteiger charge is -2.29. The Morgan fingerprint density at radius 1 is 1.20 bits per heavy atom. The molecule has 160 valence electrons. The zero-order valence-corrected chi connectivity index (χ0v) is 18.1. The van der Waals surface area contributed by atoms with Crippen molar-refractivity contribution in [1.29, 1.82) is 0 Å². The number of hydrogen-bond acceptors (Lipinski definition) is 5. The number of esters is 1. The summed E-state index contributed by atoms with van der Waals surface area (Å²) < 4.78 is 32.9. The van der Waals surface area contributed by atoms with Gasteiger partial charge in [0.25, 0.3) is 0 Å². The molecule has 1 saturated heterocycles. The normalized spacial score (nSPS) is 17.3. The minimum Gasteiger partial charge on any atom is -0.465 e. The van der Waals surface area contributed by atoms with Crippen LogP contribution in [0.25, 0.3) is 0 Å². The number of methoxy groups -OCH3 is 1. The Balaban J connectivity index is 2.02. The largest absolute Gasteiger partial charge is 0.465 e. The Hall–Kier alpha value is -2.42. The quantitative estimate of drug-likeness (QED) is 0.683. The van der Waals surface area contributed by atoms with Crippen LogP contribution in [0.3, 0.4) is 0 Å². The van der Waals surface area contributed by atoms with E-state index < -0.39 is 22.0 Å². The summed E-state index contributed by atoms with van der Waals surface area (Å²) in [4.78, 5) is 24.6. The van der Waals surface area contributed by atoms with Crippen molar-refractivity contribution in [3.63, 3.8) is 0 Å². The molecule has 1 aliphatic rings. The molecule has 0 aromatic heterocycles. The highest BCUT2D eigenvalue weighted by Crippen LogP contribution is 2.26. The van der Waals surface area contributed by atoms with Gasteiger partial charge >= 0.3 is 5.97 Å². The predicted octanol–water partition coefficient (Wildman–Crippen LogP) is 2.99. The lowest BCUT2D eigenvalue weighted by atomic mass is 10.1. The van der Waals surface area contributed by atoms with Crippen LogP contribution in [0.15, 0.2) is 53.4 Å². The van der Waals surface area contributed by atoms with Gasteiger partial charge in [0.1, 0.15) is 6.04 Å². The van der Waals surface area contributed by atoms with Gasteiger partial charge in [-0.05, 0) is 61.2 Å². The monoisotopic (exact) mass is 450 g/mol. The number of carbonyl (C=O) groups excluding carboxylic acids is 2. The highest BCUT2D eigenvalue weighted by atomic mass is 35.5. The molecule has 9 heteroatoms. The summed E-state index contributed by atoms with van der Waals surface area (Å²) in [6.45, 7) is 0.454. The molecule has 1 fully saturated rings. The predicted molar refractivity (Wildman–Crippen MR) is 113 cm³/mol. The van der Waals surface area contributed by atoms with Gasteiger partial charge in [-0.2, -0.15) is 4.31 Å². The average Bonchev–Trinajstić information content (AvgIpc) is 2.96. The molecule has 0 bridgehead atoms. The molecule has 3 rings (SSSR count). The van der Waals surface area contributed by atoms with Gasteiger partial charge in [-0.15, -0.1) is 0 Å². The van der Waals surface area contributed by atoms with Crippen molar-refractivity contribution in [3.05, 3.63) is 64.7 Å². The zero-order valence-electron chi connectivity index (χ0n) is 16.5. The van der Waals surface area contributed by atoms with Crippen LogP contribution in [0.5, 0.6) is 0 Å². The Morgan fingerprint density at radius 3 is 2.63 bits per heavy atom. The van der Waals surface area contributed by atoms with E-state index in [9.17, 15) is 18.0 Å². The molecule has 0 saturated carbocycles. The second-order valence-electron chi connectivity index (χ2n) is 7.00. The number of hydrogen-bond donors (Lipinski definition) is 1. The highest BCUT2D eigenvalue weighted by Gasteiger charge is 2.36. The van der Waals surface area contributed by atoms with Gasteiger partial charge in [-0.25, -0.2) is 13.2 Å².